The highest BCUT2D eigenvalue weighted by Gasteiger charge is 2.30. The zero-order valence-electron chi connectivity index (χ0n) is 20.6. The highest BCUT2D eigenvalue weighted by Crippen LogP contribution is 2.29. The molecule has 0 amide bonds. The van der Waals surface area contributed by atoms with E-state index in [2.05, 4.69) is 9.80 Å². The minimum Gasteiger partial charge on any atom is -0.491 e. The zero-order valence-corrected chi connectivity index (χ0v) is 20.6. The van der Waals surface area contributed by atoms with Crippen LogP contribution in [0.4, 0.5) is 10.1 Å². The van der Waals surface area contributed by atoms with Gasteiger partial charge in [-0.2, -0.15) is 0 Å². The van der Waals surface area contributed by atoms with Crippen LogP contribution in [0.25, 0.3) is 16.5 Å². The van der Waals surface area contributed by atoms with Gasteiger partial charge in [-0.05, 0) is 80.6 Å². The molecule has 2 fully saturated rings. The van der Waals surface area contributed by atoms with Crippen LogP contribution in [0.1, 0.15) is 32.6 Å². The van der Waals surface area contributed by atoms with Gasteiger partial charge in [0.1, 0.15) is 18.2 Å². The van der Waals surface area contributed by atoms with Crippen LogP contribution in [0.5, 0.6) is 5.75 Å². The molecule has 2 aliphatic heterocycles. The van der Waals surface area contributed by atoms with Crippen molar-refractivity contribution in [3.05, 3.63) is 64.8 Å². The Morgan fingerprint density at radius 3 is 2.66 bits per heavy atom. The Labute approximate surface area is 205 Å². The topological polar surface area (TPSA) is 46.9 Å². The quantitative estimate of drug-likeness (QED) is 0.472. The number of fused-ring (bicyclic) bond motifs is 1. The lowest BCUT2D eigenvalue weighted by Gasteiger charge is -2.25. The third kappa shape index (κ3) is 4.93. The summed E-state index contributed by atoms with van der Waals surface area (Å²) in [5.74, 6) is 0.405. The Kier molecular flexibility index (Phi) is 7.07. The van der Waals surface area contributed by atoms with Gasteiger partial charge in [0.05, 0.1) is 17.5 Å². The van der Waals surface area contributed by atoms with Crippen LogP contribution in [-0.4, -0.2) is 61.5 Å². The van der Waals surface area contributed by atoms with Gasteiger partial charge in [0.15, 0.2) is 0 Å². The molecule has 2 atom stereocenters. The molecule has 0 spiro atoms. The van der Waals surface area contributed by atoms with E-state index in [1.54, 1.807) is 25.4 Å². The smallest absolute Gasteiger partial charge is 0.262 e. The molecule has 0 aliphatic carbocycles. The Hall–Kier alpha value is -2.90. The molecule has 0 saturated carbocycles. The number of anilines is 1. The summed E-state index contributed by atoms with van der Waals surface area (Å²) in [6.07, 6.45) is 6.20. The normalized spacial score (nSPS) is 19.5. The third-order valence-electron chi connectivity index (χ3n) is 7.47. The molecule has 2 aromatic carbocycles. The number of methoxy groups -OCH3 is 1. The van der Waals surface area contributed by atoms with Gasteiger partial charge in [-0.15, -0.1) is 0 Å². The lowest BCUT2D eigenvalue weighted by Crippen LogP contribution is -2.35. The second-order valence-electron chi connectivity index (χ2n) is 9.58. The number of nitrogens with zero attached hydrogens (tertiary/aromatic N) is 3. The van der Waals surface area contributed by atoms with Gasteiger partial charge in [0.25, 0.3) is 5.56 Å². The maximum Gasteiger partial charge on any atom is 0.262 e. The first-order chi connectivity index (χ1) is 17.1. The van der Waals surface area contributed by atoms with Crippen LogP contribution in [0.2, 0.25) is 0 Å². The molecule has 2 saturated heterocycles. The number of rotatable bonds is 8. The van der Waals surface area contributed by atoms with Crippen molar-refractivity contribution in [2.75, 3.05) is 44.8 Å². The SMILES string of the molecule is CC[C@H](COc1ccc2c(=O)n(-c3ccc(N4CC[C@@H](N5CCCC5)C4)c(F)c3)ccc2c1)OC. The first kappa shape index (κ1) is 23.8. The van der Waals surface area contributed by atoms with E-state index in [9.17, 15) is 4.79 Å². The summed E-state index contributed by atoms with van der Waals surface area (Å²) in [5, 5.41) is 1.35. The van der Waals surface area contributed by atoms with Gasteiger partial charge in [-0.25, -0.2) is 4.39 Å². The Morgan fingerprint density at radius 2 is 1.91 bits per heavy atom. The van der Waals surface area contributed by atoms with Gasteiger partial charge in [-0.3, -0.25) is 14.3 Å². The summed E-state index contributed by atoms with van der Waals surface area (Å²) < 4.78 is 27.9. The monoisotopic (exact) mass is 479 g/mol. The fraction of sp³-hybridized carbons (Fsp3) is 0.464. The van der Waals surface area contributed by atoms with Crippen molar-refractivity contribution in [2.45, 2.75) is 44.8 Å². The molecule has 1 aromatic heterocycles. The number of aromatic nitrogens is 1. The number of halogens is 1. The molecule has 6 nitrogen and oxygen atoms in total. The second kappa shape index (κ2) is 10.4. The summed E-state index contributed by atoms with van der Waals surface area (Å²) in [6.45, 7) is 6.54. The highest BCUT2D eigenvalue weighted by molar-refractivity contribution is 5.83. The number of benzene rings is 2. The van der Waals surface area contributed by atoms with Crippen molar-refractivity contribution in [1.29, 1.82) is 0 Å². The summed E-state index contributed by atoms with van der Waals surface area (Å²) in [5.41, 5.74) is 0.965. The average Bonchev–Trinajstić information content (AvgIpc) is 3.57. The second-order valence-corrected chi connectivity index (χ2v) is 9.58. The van der Waals surface area contributed by atoms with Crippen molar-refractivity contribution in [2.24, 2.45) is 0 Å². The summed E-state index contributed by atoms with van der Waals surface area (Å²) in [7, 11) is 1.67. The predicted octanol–water partition coefficient (Wildman–Crippen LogP) is 4.61. The van der Waals surface area contributed by atoms with E-state index in [1.807, 2.05) is 31.2 Å². The minimum absolute atomic E-state index is 0.0308. The molecule has 35 heavy (non-hydrogen) atoms. The molecule has 7 heteroatoms. The number of hydrogen-bond acceptors (Lipinski definition) is 5. The third-order valence-corrected chi connectivity index (χ3v) is 7.47. The largest absolute Gasteiger partial charge is 0.491 e. The van der Waals surface area contributed by atoms with Crippen LogP contribution in [-0.2, 0) is 4.74 Å². The molecular formula is C28H34FN3O3. The van der Waals surface area contributed by atoms with E-state index < -0.39 is 0 Å². The molecule has 5 rings (SSSR count). The van der Waals surface area contributed by atoms with Gasteiger partial charge in [0, 0.05) is 43.9 Å². The molecule has 3 aromatic rings. The first-order valence-corrected chi connectivity index (χ1v) is 12.7. The van der Waals surface area contributed by atoms with Crippen LogP contribution in [0, 0.1) is 5.82 Å². The van der Waals surface area contributed by atoms with Crippen molar-refractivity contribution in [3.8, 4) is 11.4 Å². The fourth-order valence-electron chi connectivity index (χ4n) is 5.33. The van der Waals surface area contributed by atoms with E-state index in [0.717, 1.165) is 44.4 Å². The Balaban J connectivity index is 1.34. The molecular weight excluding hydrogens is 445 g/mol. The minimum atomic E-state index is -0.288. The molecule has 0 radical (unpaired) electrons. The number of pyridine rings is 1. The maximum atomic E-state index is 15.2. The Bertz CT molecular complexity index is 1230. The number of hydrogen-bond donors (Lipinski definition) is 0. The molecule has 0 unspecified atom stereocenters. The molecule has 2 aliphatic rings. The molecule has 0 bridgehead atoms. The van der Waals surface area contributed by atoms with Crippen LogP contribution in [0.15, 0.2) is 53.5 Å². The highest BCUT2D eigenvalue weighted by atomic mass is 19.1. The van der Waals surface area contributed by atoms with Crippen LogP contribution < -0.4 is 15.2 Å². The Morgan fingerprint density at radius 1 is 1.09 bits per heavy atom. The van der Waals surface area contributed by atoms with Gasteiger partial charge < -0.3 is 14.4 Å². The summed E-state index contributed by atoms with van der Waals surface area (Å²) in [6, 6.07) is 12.9. The van der Waals surface area contributed by atoms with Crippen LogP contribution >= 0.6 is 0 Å². The lowest BCUT2D eigenvalue weighted by atomic mass is 10.1. The lowest BCUT2D eigenvalue weighted by molar-refractivity contribution is 0.0556. The maximum absolute atomic E-state index is 15.2. The van der Waals surface area contributed by atoms with E-state index >= 15 is 4.39 Å². The standard InChI is InChI=1S/C28H34FN3O3/c1-3-23(34-2)19-35-24-7-8-25-20(16-24)10-15-32(28(25)33)21-6-9-27(26(29)17-21)31-14-11-22(18-31)30-12-4-5-13-30/h6-10,15-17,22-23H,3-5,11-14,18-19H2,1-2H3/t22-,23-/m1/s1. The molecule has 0 N–H and O–H groups in total. The number of ether oxygens (including phenoxy) is 2. The van der Waals surface area contributed by atoms with Crippen molar-refractivity contribution in [1.82, 2.24) is 9.47 Å². The van der Waals surface area contributed by atoms with Gasteiger partial charge in [0.2, 0.25) is 0 Å². The van der Waals surface area contributed by atoms with Crippen molar-refractivity contribution < 1.29 is 13.9 Å². The fourth-order valence-corrected chi connectivity index (χ4v) is 5.33. The van der Waals surface area contributed by atoms with E-state index in [1.165, 1.54) is 23.5 Å². The van der Waals surface area contributed by atoms with E-state index in [-0.39, 0.29) is 17.5 Å². The number of likely N-dealkylation sites (tertiary alicyclic amines) is 1. The van der Waals surface area contributed by atoms with Crippen LogP contribution in [0.3, 0.4) is 0 Å². The first-order valence-electron chi connectivity index (χ1n) is 12.7. The van der Waals surface area contributed by atoms with Crippen molar-refractivity contribution in [3.63, 3.8) is 0 Å². The van der Waals surface area contributed by atoms with E-state index in [0.29, 0.717) is 35.2 Å². The zero-order chi connectivity index (χ0) is 24.4. The molecule has 3 heterocycles. The summed E-state index contributed by atoms with van der Waals surface area (Å²) in [4.78, 5) is 17.9. The van der Waals surface area contributed by atoms with Gasteiger partial charge in [-0.1, -0.05) is 6.92 Å². The predicted molar refractivity (Wildman–Crippen MR) is 138 cm³/mol. The van der Waals surface area contributed by atoms with Crippen molar-refractivity contribution >= 4 is 16.5 Å². The van der Waals surface area contributed by atoms with Gasteiger partial charge >= 0.3 is 0 Å². The average molecular weight is 480 g/mol. The van der Waals surface area contributed by atoms with E-state index in [4.69, 9.17) is 9.47 Å². The molecule has 186 valence electrons. The summed E-state index contributed by atoms with van der Waals surface area (Å²) >= 11 is 0.